The number of ether oxygens (including phenoxy) is 2. The maximum Gasteiger partial charge on any atom is 0.282 e. The molecule has 0 unspecified atom stereocenters. The average Bonchev–Trinajstić information content (AvgIpc) is 3.04. The minimum Gasteiger partial charge on any atom is -0.493 e. The predicted molar refractivity (Wildman–Crippen MR) is 120 cm³/mol. The number of imide groups is 1. The summed E-state index contributed by atoms with van der Waals surface area (Å²) in [6, 6.07) is 17.7. The third kappa shape index (κ3) is 3.80. The topological polar surface area (TPSA) is 67.9 Å². The van der Waals surface area contributed by atoms with Crippen LogP contribution < -0.4 is 19.7 Å². The van der Waals surface area contributed by atoms with Gasteiger partial charge in [0.15, 0.2) is 11.5 Å². The number of carbonyl (C=O) groups excluding carboxylic acids is 2. The van der Waals surface area contributed by atoms with E-state index in [1.807, 2.05) is 19.1 Å². The minimum absolute atomic E-state index is 0.111. The van der Waals surface area contributed by atoms with Crippen LogP contribution in [-0.4, -0.2) is 26.0 Å². The van der Waals surface area contributed by atoms with Crippen molar-refractivity contribution in [1.29, 1.82) is 0 Å². The Balaban J connectivity index is 1.80. The minimum atomic E-state index is -0.526. The summed E-state index contributed by atoms with van der Waals surface area (Å²) in [7, 11) is 2.98. The fraction of sp³-hybridized carbons (Fsp3) is 0.120. The molecule has 1 heterocycles. The second-order valence-electron chi connectivity index (χ2n) is 7.23. The van der Waals surface area contributed by atoms with E-state index in [9.17, 15) is 14.0 Å². The van der Waals surface area contributed by atoms with E-state index in [-0.39, 0.29) is 11.3 Å². The lowest BCUT2D eigenvalue weighted by Crippen LogP contribution is -2.32. The van der Waals surface area contributed by atoms with Crippen LogP contribution in [0.2, 0.25) is 0 Å². The van der Waals surface area contributed by atoms with Crippen LogP contribution in [0.5, 0.6) is 11.5 Å². The molecular weight excluding hydrogens is 411 g/mol. The molecule has 4 rings (SSSR count). The fourth-order valence-corrected chi connectivity index (χ4v) is 3.51. The Bertz CT molecular complexity index is 1220. The molecule has 2 amide bonds. The van der Waals surface area contributed by atoms with Crippen molar-refractivity contribution >= 4 is 28.8 Å². The maximum absolute atomic E-state index is 13.5. The number of rotatable bonds is 6. The molecule has 3 aromatic rings. The highest BCUT2D eigenvalue weighted by atomic mass is 19.1. The first kappa shape index (κ1) is 21.1. The summed E-state index contributed by atoms with van der Waals surface area (Å²) in [5, 5.41) is 3.01. The summed E-state index contributed by atoms with van der Waals surface area (Å²) in [5.41, 5.74) is 2.80. The van der Waals surface area contributed by atoms with E-state index in [4.69, 9.17) is 9.47 Å². The first-order chi connectivity index (χ1) is 15.4. The van der Waals surface area contributed by atoms with Gasteiger partial charge in [-0.1, -0.05) is 29.8 Å². The molecule has 3 aromatic carbocycles. The molecule has 0 saturated heterocycles. The third-order valence-electron chi connectivity index (χ3n) is 5.16. The SMILES string of the molecule is COc1ccc(N2C(=O)C(Nc3ccc(F)cc3)=C(c3ccc(C)cc3)C2=O)cc1OC. The van der Waals surface area contributed by atoms with Crippen molar-refractivity contribution < 1.29 is 23.5 Å². The zero-order chi connectivity index (χ0) is 22.8. The zero-order valence-electron chi connectivity index (χ0n) is 17.8. The summed E-state index contributed by atoms with van der Waals surface area (Å²) in [6.07, 6.45) is 0. The number of hydrogen-bond donors (Lipinski definition) is 1. The molecule has 32 heavy (non-hydrogen) atoms. The number of benzene rings is 3. The Morgan fingerprint density at radius 2 is 1.47 bits per heavy atom. The third-order valence-corrected chi connectivity index (χ3v) is 5.16. The molecule has 162 valence electrons. The Morgan fingerprint density at radius 1 is 0.812 bits per heavy atom. The highest BCUT2D eigenvalue weighted by molar-refractivity contribution is 6.46. The Labute approximate surface area is 184 Å². The number of anilines is 2. The number of carbonyl (C=O) groups is 2. The summed E-state index contributed by atoms with van der Waals surface area (Å²) in [6.45, 7) is 1.94. The number of aryl methyl sites for hydroxylation is 1. The first-order valence-electron chi connectivity index (χ1n) is 9.87. The lowest BCUT2D eigenvalue weighted by Gasteiger charge is -2.17. The fourth-order valence-electron chi connectivity index (χ4n) is 3.51. The maximum atomic E-state index is 13.5. The van der Waals surface area contributed by atoms with Gasteiger partial charge in [0.1, 0.15) is 11.5 Å². The van der Waals surface area contributed by atoms with E-state index >= 15 is 0 Å². The number of nitrogens with zero attached hydrogens (tertiary/aromatic N) is 1. The van der Waals surface area contributed by atoms with E-state index in [0.717, 1.165) is 10.5 Å². The van der Waals surface area contributed by atoms with Crippen LogP contribution >= 0.6 is 0 Å². The second-order valence-corrected chi connectivity index (χ2v) is 7.23. The summed E-state index contributed by atoms with van der Waals surface area (Å²) in [4.78, 5) is 28.0. The van der Waals surface area contributed by atoms with Crippen molar-refractivity contribution in [1.82, 2.24) is 0 Å². The van der Waals surface area contributed by atoms with Crippen molar-refractivity contribution in [3.05, 3.63) is 89.4 Å². The number of amides is 2. The van der Waals surface area contributed by atoms with Gasteiger partial charge < -0.3 is 14.8 Å². The van der Waals surface area contributed by atoms with Gasteiger partial charge >= 0.3 is 0 Å². The van der Waals surface area contributed by atoms with Crippen LogP contribution in [0.3, 0.4) is 0 Å². The quantitative estimate of drug-likeness (QED) is 0.579. The van der Waals surface area contributed by atoms with Crippen molar-refractivity contribution in [3.8, 4) is 11.5 Å². The van der Waals surface area contributed by atoms with Crippen molar-refractivity contribution in [2.75, 3.05) is 24.4 Å². The highest BCUT2D eigenvalue weighted by Gasteiger charge is 2.40. The molecule has 0 spiro atoms. The molecule has 0 fully saturated rings. The van der Waals surface area contributed by atoms with Crippen LogP contribution in [-0.2, 0) is 9.59 Å². The number of methoxy groups -OCH3 is 2. The van der Waals surface area contributed by atoms with Gasteiger partial charge in [0, 0.05) is 11.8 Å². The Morgan fingerprint density at radius 3 is 2.09 bits per heavy atom. The van der Waals surface area contributed by atoms with Gasteiger partial charge in [0.25, 0.3) is 11.8 Å². The molecule has 0 aromatic heterocycles. The van der Waals surface area contributed by atoms with Crippen molar-refractivity contribution in [2.24, 2.45) is 0 Å². The summed E-state index contributed by atoms with van der Waals surface area (Å²) >= 11 is 0. The Kier molecular flexibility index (Phi) is 5.64. The molecule has 0 atom stereocenters. The lowest BCUT2D eigenvalue weighted by molar-refractivity contribution is -0.120. The number of halogens is 1. The first-order valence-corrected chi connectivity index (χ1v) is 9.87. The van der Waals surface area contributed by atoms with E-state index in [0.29, 0.717) is 28.4 Å². The molecule has 6 nitrogen and oxygen atoms in total. The van der Waals surface area contributed by atoms with E-state index < -0.39 is 17.6 Å². The van der Waals surface area contributed by atoms with Gasteiger partial charge in [-0.3, -0.25) is 9.59 Å². The zero-order valence-corrected chi connectivity index (χ0v) is 17.8. The van der Waals surface area contributed by atoms with Gasteiger partial charge in [-0.15, -0.1) is 0 Å². The molecule has 1 aliphatic rings. The van der Waals surface area contributed by atoms with Gasteiger partial charge in [-0.25, -0.2) is 9.29 Å². The highest BCUT2D eigenvalue weighted by Crippen LogP contribution is 2.37. The molecule has 0 saturated carbocycles. The summed E-state index contributed by atoms with van der Waals surface area (Å²) < 4.78 is 23.9. The predicted octanol–water partition coefficient (Wildman–Crippen LogP) is 4.55. The van der Waals surface area contributed by atoms with Gasteiger partial charge in [-0.2, -0.15) is 0 Å². The van der Waals surface area contributed by atoms with E-state index in [1.165, 1.54) is 38.5 Å². The molecule has 1 aliphatic heterocycles. The van der Waals surface area contributed by atoms with Crippen LogP contribution in [0.15, 0.2) is 72.4 Å². The largest absolute Gasteiger partial charge is 0.493 e. The second kappa shape index (κ2) is 8.55. The van der Waals surface area contributed by atoms with Crippen LogP contribution in [0.4, 0.5) is 15.8 Å². The molecule has 0 radical (unpaired) electrons. The smallest absolute Gasteiger partial charge is 0.282 e. The van der Waals surface area contributed by atoms with Crippen LogP contribution in [0.25, 0.3) is 5.57 Å². The summed E-state index contributed by atoms with van der Waals surface area (Å²) in [5.74, 6) is -0.531. The molecular formula is C25H21FN2O4. The Hall–Kier alpha value is -4.13. The van der Waals surface area contributed by atoms with Crippen molar-refractivity contribution in [3.63, 3.8) is 0 Å². The molecule has 0 aliphatic carbocycles. The van der Waals surface area contributed by atoms with Crippen LogP contribution in [0.1, 0.15) is 11.1 Å². The average molecular weight is 432 g/mol. The van der Waals surface area contributed by atoms with Gasteiger partial charge in [-0.05, 0) is 48.9 Å². The number of hydrogen-bond acceptors (Lipinski definition) is 5. The molecule has 0 bridgehead atoms. The van der Waals surface area contributed by atoms with Gasteiger partial charge in [0.2, 0.25) is 0 Å². The lowest BCUT2D eigenvalue weighted by atomic mass is 10.0. The van der Waals surface area contributed by atoms with E-state index in [1.54, 1.807) is 30.3 Å². The normalized spacial score (nSPS) is 13.6. The van der Waals surface area contributed by atoms with Gasteiger partial charge in [0.05, 0.1) is 25.5 Å². The van der Waals surface area contributed by atoms with Crippen LogP contribution in [0, 0.1) is 12.7 Å². The monoisotopic (exact) mass is 432 g/mol. The standard InChI is InChI=1S/C25H21FN2O4/c1-15-4-6-16(7-5-15)22-23(27-18-10-8-17(26)9-11-18)25(30)28(24(22)29)19-12-13-20(31-2)21(14-19)32-3/h4-14,27H,1-3H3. The van der Waals surface area contributed by atoms with Crippen molar-refractivity contribution in [2.45, 2.75) is 6.92 Å². The molecule has 1 N–H and O–H groups in total. The van der Waals surface area contributed by atoms with E-state index in [2.05, 4.69) is 5.32 Å². The number of nitrogens with one attached hydrogen (secondary N) is 1. The molecule has 7 heteroatoms.